The number of carbonyl (C=O) groups excluding carboxylic acids is 1. The summed E-state index contributed by atoms with van der Waals surface area (Å²) in [5, 5.41) is 11.4. The number of hydrogen-bond donors (Lipinski definition) is 2. The average molecular weight is 393 g/mol. The Bertz CT molecular complexity index is 1010. The van der Waals surface area contributed by atoms with Gasteiger partial charge < -0.3 is 15.8 Å². The van der Waals surface area contributed by atoms with Crippen molar-refractivity contribution in [1.29, 1.82) is 5.26 Å². The highest BCUT2D eigenvalue weighted by molar-refractivity contribution is 6.03. The van der Waals surface area contributed by atoms with Gasteiger partial charge >= 0.3 is 0 Å². The molecule has 0 spiro atoms. The maximum atomic E-state index is 14.1. The minimum atomic E-state index is -0.600. The monoisotopic (exact) mass is 393 g/mol. The summed E-state index contributed by atoms with van der Waals surface area (Å²) in [5.74, 6) is -0.139. The highest BCUT2D eigenvalue weighted by atomic mass is 19.1. The molecule has 148 valence electrons. The van der Waals surface area contributed by atoms with Crippen LogP contribution in [0.1, 0.15) is 42.2 Å². The lowest BCUT2D eigenvalue weighted by molar-refractivity contribution is 0.102. The summed E-state index contributed by atoms with van der Waals surface area (Å²) in [4.78, 5) is 20.2. The van der Waals surface area contributed by atoms with Gasteiger partial charge in [-0.15, -0.1) is 0 Å². The van der Waals surface area contributed by atoms with E-state index in [4.69, 9.17) is 15.7 Å². The summed E-state index contributed by atoms with van der Waals surface area (Å²) >= 11 is 0. The molecule has 0 unspecified atom stereocenters. The van der Waals surface area contributed by atoms with Gasteiger partial charge in [0, 0.05) is 17.8 Å². The lowest BCUT2D eigenvalue weighted by Gasteiger charge is -2.20. The molecule has 3 N–H and O–H groups in total. The SMILES string of the molecule is C[C@H]1CCCC=C1O/C(N)=N\c1cc(NC(=O)c2ccc(C#N)cn2)ccc1F. The average Bonchev–Trinajstić information content (AvgIpc) is 2.72. The fourth-order valence-corrected chi connectivity index (χ4v) is 2.88. The van der Waals surface area contributed by atoms with E-state index >= 15 is 0 Å². The quantitative estimate of drug-likeness (QED) is 0.602. The zero-order chi connectivity index (χ0) is 20.8. The number of benzene rings is 1. The molecular formula is C21H20FN5O2. The molecule has 3 rings (SSSR count). The maximum Gasteiger partial charge on any atom is 0.292 e. The van der Waals surface area contributed by atoms with Crippen LogP contribution in [-0.2, 0) is 4.74 Å². The second kappa shape index (κ2) is 8.97. The van der Waals surface area contributed by atoms with Crippen LogP contribution >= 0.6 is 0 Å². The molecule has 1 aliphatic rings. The van der Waals surface area contributed by atoms with Crippen molar-refractivity contribution in [2.24, 2.45) is 16.6 Å². The number of amidine groups is 1. The standard InChI is InChI=1S/C21H20FN5O2/c1-13-4-2-3-5-19(13)29-21(24)27-18-10-15(7-8-16(18)22)26-20(28)17-9-6-14(11-23)12-25-17/h5-10,12-13H,2-4H2,1H3,(H2,24,27)(H,26,28)/t13-/m0/s1. The number of anilines is 1. The number of ether oxygens (including phenoxy) is 1. The first kappa shape index (κ1) is 20.0. The summed E-state index contributed by atoms with van der Waals surface area (Å²) < 4.78 is 19.7. The summed E-state index contributed by atoms with van der Waals surface area (Å²) in [5.41, 5.74) is 6.56. The normalized spacial score (nSPS) is 16.5. The fraction of sp³-hybridized carbons (Fsp3) is 0.238. The lowest BCUT2D eigenvalue weighted by atomic mass is 9.96. The molecule has 1 aliphatic carbocycles. The van der Waals surface area contributed by atoms with Gasteiger partial charge in [0.1, 0.15) is 29.0 Å². The smallest absolute Gasteiger partial charge is 0.292 e. The molecule has 1 atom stereocenters. The van der Waals surface area contributed by atoms with Gasteiger partial charge in [0.15, 0.2) is 0 Å². The predicted octanol–water partition coefficient (Wildman–Crippen LogP) is 4.01. The van der Waals surface area contributed by atoms with Crippen LogP contribution < -0.4 is 11.1 Å². The van der Waals surface area contributed by atoms with Crippen molar-refractivity contribution in [3.63, 3.8) is 0 Å². The van der Waals surface area contributed by atoms with Gasteiger partial charge in [-0.1, -0.05) is 6.92 Å². The minimum absolute atomic E-state index is 0.0582. The molecule has 0 saturated heterocycles. The van der Waals surface area contributed by atoms with Crippen LogP contribution in [0, 0.1) is 23.1 Å². The summed E-state index contributed by atoms with van der Waals surface area (Å²) in [7, 11) is 0. The molecule has 1 heterocycles. The molecule has 0 aliphatic heterocycles. The van der Waals surface area contributed by atoms with Crippen molar-refractivity contribution >= 4 is 23.3 Å². The maximum absolute atomic E-state index is 14.1. The Kier molecular flexibility index (Phi) is 6.19. The summed E-state index contributed by atoms with van der Waals surface area (Å²) in [6, 6.07) is 8.61. The first-order chi connectivity index (χ1) is 14.0. The highest BCUT2D eigenvalue weighted by Gasteiger charge is 2.16. The second-order valence-corrected chi connectivity index (χ2v) is 6.65. The van der Waals surface area contributed by atoms with E-state index in [0.29, 0.717) is 11.3 Å². The molecule has 0 fully saturated rings. The van der Waals surface area contributed by atoms with E-state index in [1.165, 1.54) is 36.5 Å². The first-order valence-electron chi connectivity index (χ1n) is 9.15. The molecule has 0 bridgehead atoms. The van der Waals surface area contributed by atoms with Crippen LogP contribution in [0.15, 0.2) is 53.4 Å². The number of allylic oxidation sites excluding steroid dienone is 2. The Morgan fingerprint density at radius 1 is 1.41 bits per heavy atom. The number of aliphatic imine (C=N–C) groups is 1. The van der Waals surface area contributed by atoms with Crippen LogP contribution in [0.3, 0.4) is 0 Å². The van der Waals surface area contributed by atoms with E-state index in [2.05, 4.69) is 15.3 Å². The molecule has 7 nitrogen and oxygen atoms in total. The van der Waals surface area contributed by atoms with Gasteiger partial charge in [0.2, 0.25) is 0 Å². The molecule has 8 heteroatoms. The van der Waals surface area contributed by atoms with Gasteiger partial charge in [-0.05, 0) is 55.7 Å². The van der Waals surface area contributed by atoms with E-state index in [9.17, 15) is 9.18 Å². The number of aromatic nitrogens is 1. The van der Waals surface area contributed by atoms with Crippen molar-refractivity contribution in [3.05, 3.63) is 65.4 Å². The summed E-state index contributed by atoms with van der Waals surface area (Å²) in [6.45, 7) is 2.03. The van der Waals surface area contributed by atoms with Crippen molar-refractivity contribution < 1.29 is 13.9 Å². The minimum Gasteiger partial charge on any atom is -0.431 e. The van der Waals surface area contributed by atoms with Crippen molar-refractivity contribution in [1.82, 2.24) is 4.98 Å². The first-order valence-corrected chi connectivity index (χ1v) is 9.15. The van der Waals surface area contributed by atoms with Gasteiger partial charge in [-0.25, -0.2) is 9.37 Å². The van der Waals surface area contributed by atoms with E-state index in [0.717, 1.165) is 25.0 Å². The molecule has 1 amide bonds. The number of nitrogens with two attached hydrogens (primary N) is 1. The Morgan fingerprint density at radius 2 is 2.24 bits per heavy atom. The third-order valence-electron chi connectivity index (χ3n) is 4.45. The van der Waals surface area contributed by atoms with E-state index in [-0.39, 0.29) is 23.3 Å². The van der Waals surface area contributed by atoms with E-state index < -0.39 is 11.7 Å². The fourth-order valence-electron chi connectivity index (χ4n) is 2.88. The largest absolute Gasteiger partial charge is 0.431 e. The number of hydrogen-bond acceptors (Lipinski definition) is 5. The van der Waals surface area contributed by atoms with Gasteiger partial charge in [0.25, 0.3) is 11.9 Å². The second-order valence-electron chi connectivity index (χ2n) is 6.65. The topological polar surface area (TPSA) is 113 Å². The van der Waals surface area contributed by atoms with Crippen molar-refractivity contribution in [2.75, 3.05) is 5.32 Å². The summed E-state index contributed by atoms with van der Waals surface area (Å²) in [6.07, 6.45) is 6.27. The number of nitrogens with one attached hydrogen (secondary N) is 1. The molecule has 1 aromatic carbocycles. The van der Waals surface area contributed by atoms with Crippen molar-refractivity contribution in [3.8, 4) is 6.07 Å². The number of nitrogens with zero attached hydrogens (tertiary/aromatic N) is 3. The molecule has 0 saturated carbocycles. The molecule has 0 radical (unpaired) electrons. The number of pyridine rings is 1. The number of nitriles is 1. The third-order valence-corrected chi connectivity index (χ3v) is 4.45. The van der Waals surface area contributed by atoms with Crippen LogP contribution in [0.5, 0.6) is 0 Å². The van der Waals surface area contributed by atoms with Crippen LogP contribution in [-0.4, -0.2) is 16.9 Å². The molecule has 1 aromatic heterocycles. The number of halogens is 1. The third kappa shape index (κ3) is 5.17. The molecule has 29 heavy (non-hydrogen) atoms. The lowest BCUT2D eigenvalue weighted by Crippen LogP contribution is -2.19. The van der Waals surface area contributed by atoms with Crippen LogP contribution in [0.25, 0.3) is 0 Å². The van der Waals surface area contributed by atoms with Crippen LogP contribution in [0.4, 0.5) is 15.8 Å². The van der Waals surface area contributed by atoms with E-state index in [1.54, 1.807) is 0 Å². The number of carbonyl (C=O) groups is 1. The Morgan fingerprint density at radius 3 is 2.93 bits per heavy atom. The molecular weight excluding hydrogens is 373 g/mol. The predicted molar refractivity (Wildman–Crippen MR) is 107 cm³/mol. The van der Waals surface area contributed by atoms with Gasteiger partial charge in [0.05, 0.1) is 5.56 Å². The van der Waals surface area contributed by atoms with Gasteiger partial charge in [-0.3, -0.25) is 4.79 Å². The van der Waals surface area contributed by atoms with Gasteiger partial charge in [-0.2, -0.15) is 10.3 Å². The zero-order valence-electron chi connectivity index (χ0n) is 15.9. The highest BCUT2D eigenvalue weighted by Crippen LogP contribution is 2.26. The number of amides is 1. The van der Waals surface area contributed by atoms with E-state index in [1.807, 2.05) is 19.1 Å². The Hall–Kier alpha value is -3.73. The van der Waals surface area contributed by atoms with Crippen LogP contribution in [0.2, 0.25) is 0 Å². The molecule has 2 aromatic rings. The zero-order valence-corrected chi connectivity index (χ0v) is 15.9. The van der Waals surface area contributed by atoms with Crippen molar-refractivity contribution in [2.45, 2.75) is 26.2 Å². The number of rotatable bonds is 4. The Labute approximate surface area is 167 Å². The Balaban J connectivity index is 1.74.